The first-order valence-electron chi connectivity index (χ1n) is 6.09. The second kappa shape index (κ2) is 5.12. The van der Waals surface area contributed by atoms with Gasteiger partial charge in [0.05, 0.1) is 4.90 Å². The Morgan fingerprint density at radius 1 is 1.33 bits per heavy atom. The van der Waals surface area contributed by atoms with Crippen molar-refractivity contribution in [3.05, 3.63) is 35.9 Å². The Morgan fingerprint density at radius 3 is 2.67 bits per heavy atom. The number of hydrogen-bond acceptors (Lipinski definition) is 3. The van der Waals surface area contributed by atoms with E-state index < -0.39 is 10.0 Å². The van der Waals surface area contributed by atoms with Gasteiger partial charge in [0.2, 0.25) is 10.0 Å². The molecule has 2 rings (SSSR count). The summed E-state index contributed by atoms with van der Waals surface area (Å²) in [7, 11) is -3.41. The van der Waals surface area contributed by atoms with E-state index in [4.69, 9.17) is 5.73 Å². The molecule has 0 unspecified atom stereocenters. The molecule has 18 heavy (non-hydrogen) atoms. The van der Waals surface area contributed by atoms with Gasteiger partial charge in [0.25, 0.3) is 0 Å². The highest BCUT2D eigenvalue weighted by Crippen LogP contribution is 2.22. The molecule has 0 fully saturated rings. The third kappa shape index (κ3) is 2.42. The largest absolute Gasteiger partial charge is 0.398 e. The molecule has 5 heteroatoms. The van der Waals surface area contributed by atoms with E-state index in [0.29, 0.717) is 18.8 Å². The molecule has 1 aliphatic rings. The van der Waals surface area contributed by atoms with Crippen LogP contribution in [-0.4, -0.2) is 25.8 Å². The van der Waals surface area contributed by atoms with Crippen LogP contribution in [0.2, 0.25) is 0 Å². The molecule has 1 heterocycles. The standard InChI is InChI=1S/C13H18N2O2S/c1-2-11-6-7-12(10-13(11)14)18(16,17)15-8-4-3-5-9-15/h3-4,6-7,10H,2,5,8-9,14H2,1H3. The highest BCUT2D eigenvalue weighted by Gasteiger charge is 2.24. The highest BCUT2D eigenvalue weighted by atomic mass is 32.2. The highest BCUT2D eigenvalue weighted by molar-refractivity contribution is 7.89. The minimum atomic E-state index is -3.41. The molecule has 1 aromatic rings. The molecular weight excluding hydrogens is 248 g/mol. The Morgan fingerprint density at radius 2 is 2.11 bits per heavy atom. The smallest absolute Gasteiger partial charge is 0.243 e. The van der Waals surface area contributed by atoms with E-state index in [0.717, 1.165) is 18.4 Å². The van der Waals surface area contributed by atoms with Crippen LogP contribution in [0.3, 0.4) is 0 Å². The summed E-state index contributed by atoms with van der Waals surface area (Å²) in [6.07, 6.45) is 5.45. The van der Waals surface area contributed by atoms with E-state index in [1.54, 1.807) is 18.2 Å². The van der Waals surface area contributed by atoms with Crippen molar-refractivity contribution in [1.82, 2.24) is 4.31 Å². The molecule has 0 saturated carbocycles. The number of anilines is 1. The molecule has 0 radical (unpaired) electrons. The van der Waals surface area contributed by atoms with Gasteiger partial charge in [-0.25, -0.2) is 8.42 Å². The van der Waals surface area contributed by atoms with Crippen molar-refractivity contribution < 1.29 is 8.42 Å². The first-order chi connectivity index (χ1) is 8.55. The minimum absolute atomic E-state index is 0.285. The molecule has 0 atom stereocenters. The molecule has 0 aromatic heterocycles. The molecule has 0 bridgehead atoms. The van der Waals surface area contributed by atoms with Gasteiger partial charge >= 0.3 is 0 Å². The molecular formula is C13H18N2O2S. The summed E-state index contributed by atoms with van der Waals surface area (Å²) in [5.74, 6) is 0. The molecule has 0 saturated heterocycles. The lowest BCUT2D eigenvalue weighted by Crippen LogP contribution is -2.33. The first-order valence-corrected chi connectivity index (χ1v) is 7.53. The predicted octanol–water partition coefficient (Wildman–Crippen LogP) is 1.78. The second-order valence-corrected chi connectivity index (χ2v) is 6.28. The Bertz CT molecular complexity index is 564. The normalized spacial score (nSPS) is 16.9. The third-order valence-corrected chi connectivity index (χ3v) is 5.02. The maximum Gasteiger partial charge on any atom is 0.243 e. The van der Waals surface area contributed by atoms with Crippen molar-refractivity contribution in [1.29, 1.82) is 0 Å². The Hall–Kier alpha value is -1.33. The molecule has 2 N–H and O–H groups in total. The average molecular weight is 266 g/mol. The van der Waals surface area contributed by atoms with E-state index in [1.807, 2.05) is 19.1 Å². The van der Waals surface area contributed by atoms with Crippen molar-refractivity contribution >= 4 is 15.7 Å². The quantitative estimate of drug-likeness (QED) is 0.670. The summed E-state index contributed by atoms with van der Waals surface area (Å²) in [5, 5.41) is 0. The van der Waals surface area contributed by atoms with E-state index in [-0.39, 0.29) is 4.90 Å². The molecule has 4 nitrogen and oxygen atoms in total. The fourth-order valence-electron chi connectivity index (χ4n) is 2.04. The van der Waals surface area contributed by atoms with E-state index in [2.05, 4.69) is 0 Å². The molecule has 0 spiro atoms. The Labute approximate surface area is 108 Å². The molecule has 1 aromatic carbocycles. The predicted molar refractivity (Wildman–Crippen MR) is 72.7 cm³/mol. The lowest BCUT2D eigenvalue weighted by Gasteiger charge is -2.23. The van der Waals surface area contributed by atoms with E-state index in [1.165, 1.54) is 4.31 Å². The van der Waals surface area contributed by atoms with Crippen molar-refractivity contribution in [2.24, 2.45) is 0 Å². The maximum atomic E-state index is 12.4. The van der Waals surface area contributed by atoms with E-state index >= 15 is 0 Å². The monoisotopic (exact) mass is 266 g/mol. The SMILES string of the molecule is CCc1ccc(S(=O)(=O)N2CC=CCC2)cc1N. The topological polar surface area (TPSA) is 63.4 Å². The van der Waals surface area contributed by atoms with Crippen LogP contribution in [0.5, 0.6) is 0 Å². The Balaban J connectivity index is 2.35. The van der Waals surface area contributed by atoms with Crippen LogP contribution in [0, 0.1) is 0 Å². The van der Waals surface area contributed by atoms with Gasteiger partial charge in [-0.1, -0.05) is 25.1 Å². The third-order valence-electron chi connectivity index (χ3n) is 3.16. The van der Waals surface area contributed by atoms with Crippen LogP contribution in [0.15, 0.2) is 35.2 Å². The molecule has 1 aliphatic heterocycles. The summed E-state index contributed by atoms with van der Waals surface area (Å²) in [6.45, 7) is 2.97. The van der Waals surface area contributed by atoms with Crippen molar-refractivity contribution in [3.8, 4) is 0 Å². The molecule has 98 valence electrons. The molecule has 0 aliphatic carbocycles. The van der Waals surface area contributed by atoms with Gasteiger partial charge in [-0.2, -0.15) is 4.31 Å². The number of rotatable bonds is 3. The van der Waals surface area contributed by atoms with Crippen molar-refractivity contribution in [2.45, 2.75) is 24.7 Å². The van der Waals surface area contributed by atoms with Crippen LogP contribution in [-0.2, 0) is 16.4 Å². The number of hydrogen-bond donors (Lipinski definition) is 1. The number of sulfonamides is 1. The lowest BCUT2D eigenvalue weighted by atomic mass is 10.1. The summed E-state index contributed by atoms with van der Waals surface area (Å²) >= 11 is 0. The van der Waals surface area contributed by atoms with Crippen molar-refractivity contribution in [3.63, 3.8) is 0 Å². The van der Waals surface area contributed by atoms with Crippen LogP contribution < -0.4 is 5.73 Å². The van der Waals surface area contributed by atoms with Crippen LogP contribution in [0.1, 0.15) is 18.9 Å². The van der Waals surface area contributed by atoms with Gasteiger partial charge in [-0.05, 0) is 30.5 Å². The zero-order chi connectivity index (χ0) is 13.2. The molecule has 0 amide bonds. The summed E-state index contributed by atoms with van der Waals surface area (Å²) in [5.41, 5.74) is 7.39. The van der Waals surface area contributed by atoms with Crippen LogP contribution in [0.4, 0.5) is 5.69 Å². The number of nitrogens with zero attached hydrogens (tertiary/aromatic N) is 1. The van der Waals surface area contributed by atoms with Crippen LogP contribution >= 0.6 is 0 Å². The average Bonchev–Trinajstić information content (AvgIpc) is 2.39. The van der Waals surface area contributed by atoms with Gasteiger partial charge in [-0.3, -0.25) is 0 Å². The lowest BCUT2D eigenvalue weighted by molar-refractivity contribution is 0.437. The number of benzene rings is 1. The van der Waals surface area contributed by atoms with Crippen LogP contribution in [0.25, 0.3) is 0 Å². The number of nitrogens with two attached hydrogens (primary N) is 1. The fourth-order valence-corrected chi connectivity index (χ4v) is 3.48. The second-order valence-electron chi connectivity index (χ2n) is 4.34. The zero-order valence-corrected chi connectivity index (χ0v) is 11.3. The summed E-state index contributed by atoms with van der Waals surface area (Å²) in [4.78, 5) is 0.285. The van der Waals surface area contributed by atoms with Gasteiger partial charge in [0, 0.05) is 18.8 Å². The van der Waals surface area contributed by atoms with Gasteiger partial charge in [-0.15, -0.1) is 0 Å². The number of nitrogen functional groups attached to an aromatic ring is 1. The fraction of sp³-hybridized carbons (Fsp3) is 0.385. The van der Waals surface area contributed by atoms with Crippen molar-refractivity contribution in [2.75, 3.05) is 18.8 Å². The Kier molecular flexibility index (Phi) is 3.73. The van der Waals surface area contributed by atoms with E-state index in [9.17, 15) is 8.42 Å². The number of aryl methyl sites for hydroxylation is 1. The summed E-state index contributed by atoms with van der Waals surface area (Å²) in [6, 6.07) is 5.00. The van der Waals surface area contributed by atoms with Gasteiger partial charge in [0.15, 0.2) is 0 Å². The minimum Gasteiger partial charge on any atom is -0.398 e. The van der Waals surface area contributed by atoms with Gasteiger partial charge in [0.1, 0.15) is 0 Å². The van der Waals surface area contributed by atoms with Gasteiger partial charge < -0.3 is 5.73 Å². The maximum absolute atomic E-state index is 12.4. The first kappa shape index (κ1) is 13.1. The summed E-state index contributed by atoms with van der Waals surface area (Å²) < 4.78 is 26.2. The zero-order valence-electron chi connectivity index (χ0n) is 10.5.